The van der Waals surface area contributed by atoms with Gasteiger partial charge in [0, 0.05) is 18.2 Å². The molecule has 1 aliphatic carbocycles. The van der Waals surface area contributed by atoms with E-state index >= 15 is 0 Å². The van der Waals surface area contributed by atoms with Crippen LogP contribution >= 0.6 is 0 Å². The number of nitrogens with one attached hydrogen (secondary N) is 2. The summed E-state index contributed by atoms with van der Waals surface area (Å²) in [5, 5.41) is 15.0. The Morgan fingerprint density at radius 1 is 1.06 bits per heavy atom. The summed E-state index contributed by atoms with van der Waals surface area (Å²) in [6.45, 7) is 5.79. The van der Waals surface area contributed by atoms with Gasteiger partial charge in [-0.15, -0.1) is 0 Å². The molecule has 1 aliphatic rings. The van der Waals surface area contributed by atoms with Gasteiger partial charge in [0.15, 0.2) is 11.6 Å². The Balaban J connectivity index is 0.00000113. The van der Waals surface area contributed by atoms with Crippen molar-refractivity contribution in [3.63, 3.8) is 0 Å². The standard InChI is InChI=1S/C20H23F3N2O2.2CH2O/c1-12-4-5-15(13(21)10-12)24-19-17(23)14(22)11-16(27-2)18(19)25-20(7-8-20)6-3-9-26;2*1-2/h4-5,10-11,24-26H,3,6-9H2,1-2H3;2*1H2. The third kappa shape index (κ3) is 6.45. The highest BCUT2D eigenvalue weighted by Crippen LogP contribution is 2.48. The first-order valence-electron chi connectivity index (χ1n) is 9.45. The summed E-state index contributed by atoms with van der Waals surface area (Å²) in [4.78, 5) is 16.0. The molecule has 0 unspecified atom stereocenters. The molecular formula is C22H27F3N2O4. The van der Waals surface area contributed by atoms with Crippen LogP contribution in [0.15, 0.2) is 24.3 Å². The van der Waals surface area contributed by atoms with Crippen LogP contribution in [0.3, 0.4) is 0 Å². The van der Waals surface area contributed by atoms with E-state index in [9.17, 15) is 13.2 Å². The van der Waals surface area contributed by atoms with Gasteiger partial charge in [-0.05, 0) is 50.3 Å². The van der Waals surface area contributed by atoms with Crippen molar-refractivity contribution in [2.45, 2.75) is 38.1 Å². The van der Waals surface area contributed by atoms with Gasteiger partial charge in [0.25, 0.3) is 0 Å². The van der Waals surface area contributed by atoms with Crippen molar-refractivity contribution in [2.24, 2.45) is 0 Å². The molecule has 2 aromatic rings. The summed E-state index contributed by atoms with van der Waals surface area (Å²) in [7, 11) is 1.36. The quantitative estimate of drug-likeness (QED) is 0.560. The van der Waals surface area contributed by atoms with Crippen molar-refractivity contribution in [1.82, 2.24) is 0 Å². The Bertz CT molecular complexity index is 874. The second-order valence-electron chi connectivity index (χ2n) is 6.97. The number of methoxy groups -OCH3 is 1. The SMILES string of the molecule is C=O.C=O.COc1cc(F)c(F)c(Nc2ccc(C)cc2F)c1NC1(CCCO)CC1. The van der Waals surface area contributed by atoms with E-state index in [0.29, 0.717) is 12.8 Å². The highest BCUT2D eigenvalue weighted by Gasteiger charge is 2.43. The number of ether oxygens (including phenoxy) is 1. The Morgan fingerprint density at radius 2 is 1.71 bits per heavy atom. The molecule has 0 saturated heterocycles. The third-order valence-corrected chi connectivity index (χ3v) is 4.84. The summed E-state index contributed by atoms with van der Waals surface area (Å²) >= 11 is 0. The van der Waals surface area contributed by atoms with E-state index in [2.05, 4.69) is 10.6 Å². The zero-order valence-electron chi connectivity index (χ0n) is 17.6. The Morgan fingerprint density at radius 3 is 2.23 bits per heavy atom. The van der Waals surface area contributed by atoms with Crippen LogP contribution in [0.5, 0.6) is 5.75 Å². The number of anilines is 3. The highest BCUT2D eigenvalue weighted by atomic mass is 19.2. The molecule has 0 atom stereocenters. The van der Waals surface area contributed by atoms with E-state index in [4.69, 9.17) is 19.4 Å². The molecule has 0 aliphatic heterocycles. The molecule has 1 saturated carbocycles. The zero-order valence-corrected chi connectivity index (χ0v) is 17.6. The minimum atomic E-state index is -1.11. The van der Waals surface area contributed by atoms with Crippen molar-refractivity contribution in [1.29, 1.82) is 0 Å². The number of hydrogen-bond donors (Lipinski definition) is 3. The molecule has 0 amide bonds. The van der Waals surface area contributed by atoms with Gasteiger partial charge in [0.1, 0.15) is 36.5 Å². The first kappa shape index (κ1) is 26.0. The van der Waals surface area contributed by atoms with Gasteiger partial charge in [0.2, 0.25) is 0 Å². The summed E-state index contributed by atoms with van der Waals surface area (Å²) in [5.74, 6) is -2.65. The monoisotopic (exact) mass is 440 g/mol. The van der Waals surface area contributed by atoms with Gasteiger partial charge in [-0.2, -0.15) is 0 Å². The Labute approximate surface area is 179 Å². The first-order valence-corrected chi connectivity index (χ1v) is 9.45. The average molecular weight is 440 g/mol. The maximum absolute atomic E-state index is 14.6. The van der Waals surface area contributed by atoms with Crippen LogP contribution in [-0.4, -0.2) is 37.9 Å². The van der Waals surface area contributed by atoms with Gasteiger partial charge in [-0.1, -0.05) is 6.07 Å². The van der Waals surface area contributed by atoms with E-state index in [1.165, 1.54) is 19.2 Å². The molecule has 0 spiro atoms. The number of benzene rings is 2. The number of rotatable bonds is 8. The highest BCUT2D eigenvalue weighted by molar-refractivity contribution is 5.81. The van der Waals surface area contributed by atoms with Gasteiger partial charge in [0.05, 0.1) is 12.8 Å². The molecule has 0 radical (unpaired) electrons. The van der Waals surface area contributed by atoms with E-state index in [1.807, 2.05) is 13.6 Å². The molecule has 6 nitrogen and oxygen atoms in total. The summed E-state index contributed by atoms with van der Waals surface area (Å²) in [6.07, 6.45) is 2.96. The molecule has 0 aromatic heterocycles. The lowest BCUT2D eigenvalue weighted by atomic mass is 10.1. The summed E-state index contributed by atoms with van der Waals surface area (Å²) in [6, 6.07) is 5.43. The number of halogens is 3. The minimum absolute atomic E-state index is 0.0374. The number of carbonyl (C=O) groups is 2. The molecule has 170 valence electrons. The van der Waals surface area contributed by atoms with E-state index < -0.39 is 17.5 Å². The molecule has 0 heterocycles. The van der Waals surface area contributed by atoms with Crippen molar-refractivity contribution in [2.75, 3.05) is 24.4 Å². The van der Waals surface area contributed by atoms with E-state index in [1.54, 1.807) is 13.0 Å². The number of aliphatic hydroxyl groups excluding tert-OH is 1. The lowest BCUT2D eigenvalue weighted by molar-refractivity contribution is -0.0987. The van der Waals surface area contributed by atoms with Crippen LogP contribution in [0, 0.1) is 24.4 Å². The minimum Gasteiger partial charge on any atom is -0.494 e. The molecule has 3 rings (SSSR count). The van der Waals surface area contributed by atoms with Crippen LogP contribution in [0.4, 0.5) is 30.2 Å². The maximum Gasteiger partial charge on any atom is 0.184 e. The first-order chi connectivity index (χ1) is 14.9. The predicted octanol–water partition coefficient (Wildman–Crippen LogP) is 4.51. The van der Waals surface area contributed by atoms with Crippen LogP contribution in [0.1, 0.15) is 31.2 Å². The molecule has 0 bridgehead atoms. The number of aryl methyl sites for hydroxylation is 1. The third-order valence-electron chi connectivity index (χ3n) is 4.84. The molecule has 1 fully saturated rings. The maximum atomic E-state index is 14.6. The van der Waals surface area contributed by atoms with Gasteiger partial charge >= 0.3 is 0 Å². The second-order valence-corrected chi connectivity index (χ2v) is 6.97. The zero-order chi connectivity index (χ0) is 23.6. The smallest absolute Gasteiger partial charge is 0.184 e. The van der Waals surface area contributed by atoms with Crippen molar-refractivity contribution in [3.05, 3.63) is 47.3 Å². The van der Waals surface area contributed by atoms with Crippen molar-refractivity contribution >= 4 is 30.6 Å². The molecule has 2 aromatic carbocycles. The second kappa shape index (κ2) is 11.9. The van der Waals surface area contributed by atoms with Crippen molar-refractivity contribution in [3.8, 4) is 5.75 Å². The number of hydrogen-bond acceptors (Lipinski definition) is 6. The largest absolute Gasteiger partial charge is 0.494 e. The van der Waals surface area contributed by atoms with Gasteiger partial charge in [-0.25, -0.2) is 13.2 Å². The average Bonchev–Trinajstić information content (AvgIpc) is 3.55. The Kier molecular flexibility index (Phi) is 10.0. The molecule has 3 N–H and O–H groups in total. The van der Waals surface area contributed by atoms with Crippen LogP contribution in [-0.2, 0) is 9.59 Å². The van der Waals surface area contributed by atoms with Crippen LogP contribution in [0.2, 0.25) is 0 Å². The summed E-state index contributed by atoms with van der Waals surface area (Å²) in [5.41, 5.74) is 0.490. The molecular weight excluding hydrogens is 413 g/mol. The van der Waals surface area contributed by atoms with Crippen LogP contribution < -0.4 is 15.4 Å². The van der Waals surface area contributed by atoms with Gasteiger partial charge < -0.3 is 30.1 Å². The molecule has 9 heteroatoms. The lowest BCUT2D eigenvalue weighted by Crippen LogP contribution is -2.23. The lowest BCUT2D eigenvalue weighted by Gasteiger charge is -2.24. The number of carbonyl (C=O) groups excluding carboxylic acids is 2. The van der Waals surface area contributed by atoms with Crippen LogP contribution in [0.25, 0.3) is 0 Å². The van der Waals surface area contributed by atoms with E-state index in [-0.39, 0.29) is 35.0 Å². The van der Waals surface area contributed by atoms with Crippen molar-refractivity contribution < 1.29 is 32.6 Å². The molecule has 31 heavy (non-hydrogen) atoms. The fraction of sp³-hybridized carbons (Fsp3) is 0.364. The predicted molar refractivity (Wildman–Crippen MR) is 113 cm³/mol. The summed E-state index contributed by atoms with van der Waals surface area (Å²) < 4.78 is 48.2. The normalized spacial score (nSPS) is 13.1. The van der Waals surface area contributed by atoms with E-state index in [0.717, 1.165) is 24.5 Å². The Hall–Kier alpha value is -3.07. The number of aliphatic hydroxyl groups is 1. The topological polar surface area (TPSA) is 87.7 Å². The van der Waals surface area contributed by atoms with Gasteiger partial charge in [-0.3, -0.25) is 0 Å². The fourth-order valence-electron chi connectivity index (χ4n) is 3.13. The fourth-order valence-corrected chi connectivity index (χ4v) is 3.13.